The molecule has 2 rings (SSSR count). The van der Waals surface area contributed by atoms with Crippen molar-refractivity contribution in [2.24, 2.45) is 0 Å². The summed E-state index contributed by atoms with van der Waals surface area (Å²) in [6.45, 7) is 2.20. The highest BCUT2D eigenvalue weighted by Gasteiger charge is 2.38. The maximum atomic E-state index is 10.4. The number of nitrogens with zero attached hydrogens (tertiary/aromatic N) is 1. The molecule has 0 saturated carbocycles. The normalized spacial score (nSPS) is 24.6. The molecule has 1 heterocycles. The van der Waals surface area contributed by atoms with Gasteiger partial charge in [-0.05, 0) is 18.4 Å². The summed E-state index contributed by atoms with van der Waals surface area (Å²) >= 11 is 0. The molecule has 4 heteroatoms. The van der Waals surface area contributed by atoms with Crippen molar-refractivity contribution in [3.63, 3.8) is 0 Å². The molecule has 1 saturated heterocycles. The minimum absolute atomic E-state index is 0.0704. The van der Waals surface area contributed by atoms with Gasteiger partial charge < -0.3 is 14.9 Å². The van der Waals surface area contributed by atoms with E-state index in [1.807, 2.05) is 35.2 Å². The van der Waals surface area contributed by atoms with E-state index in [1.165, 1.54) is 0 Å². The van der Waals surface area contributed by atoms with Crippen LogP contribution in [0.1, 0.15) is 18.4 Å². The van der Waals surface area contributed by atoms with Gasteiger partial charge in [-0.3, -0.25) is 4.90 Å². The Bertz CT molecular complexity index is 357. The number of ether oxygens (including phenoxy) is 1. The predicted molar refractivity (Wildman–Crippen MR) is 68.9 cm³/mol. The minimum atomic E-state index is -0.905. The number of benzene rings is 1. The summed E-state index contributed by atoms with van der Waals surface area (Å²) in [6, 6.07) is 9.92. The van der Waals surface area contributed by atoms with Crippen LogP contribution in [0.15, 0.2) is 30.3 Å². The maximum absolute atomic E-state index is 10.4. The van der Waals surface area contributed by atoms with Crippen molar-refractivity contribution in [2.45, 2.75) is 25.2 Å². The van der Waals surface area contributed by atoms with Crippen molar-refractivity contribution in [2.75, 3.05) is 26.3 Å². The summed E-state index contributed by atoms with van der Waals surface area (Å²) in [6.07, 6.45) is 1.66. The quantitative estimate of drug-likeness (QED) is 0.791. The SMILES string of the molecule is OCCN1CCCC1(O)COCc1ccccc1. The second-order valence-electron chi connectivity index (χ2n) is 4.78. The lowest BCUT2D eigenvalue weighted by atomic mass is 10.1. The van der Waals surface area contributed by atoms with Gasteiger partial charge in [0, 0.05) is 13.1 Å². The lowest BCUT2D eigenvalue weighted by Gasteiger charge is -2.32. The van der Waals surface area contributed by atoms with Gasteiger partial charge in [0.25, 0.3) is 0 Å². The van der Waals surface area contributed by atoms with Gasteiger partial charge in [0.15, 0.2) is 0 Å². The van der Waals surface area contributed by atoms with E-state index in [2.05, 4.69) is 0 Å². The van der Waals surface area contributed by atoms with Gasteiger partial charge in [-0.2, -0.15) is 0 Å². The standard InChI is InChI=1S/C14H21NO3/c16-10-9-15-8-4-7-14(15,17)12-18-11-13-5-2-1-3-6-13/h1-3,5-6,16-17H,4,7-12H2. The number of hydrogen-bond donors (Lipinski definition) is 2. The Balaban J connectivity index is 1.81. The molecule has 1 unspecified atom stereocenters. The molecule has 18 heavy (non-hydrogen) atoms. The molecule has 0 spiro atoms. The summed E-state index contributed by atoms with van der Waals surface area (Å²) in [7, 11) is 0. The number of aliphatic hydroxyl groups is 2. The van der Waals surface area contributed by atoms with Crippen LogP contribution in [-0.4, -0.2) is 47.1 Å². The molecule has 4 nitrogen and oxygen atoms in total. The molecule has 0 bridgehead atoms. The highest BCUT2D eigenvalue weighted by atomic mass is 16.5. The maximum Gasteiger partial charge on any atom is 0.142 e. The van der Waals surface area contributed by atoms with E-state index >= 15 is 0 Å². The van der Waals surface area contributed by atoms with E-state index in [0.29, 0.717) is 26.2 Å². The Hall–Kier alpha value is -0.940. The molecule has 0 amide bonds. The first-order valence-electron chi connectivity index (χ1n) is 6.44. The highest BCUT2D eigenvalue weighted by molar-refractivity contribution is 5.13. The fourth-order valence-corrected chi connectivity index (χ4v) is 2.43. The fraction of sp³-hybridized carbons (Fsp3) is 0.571. The van der Waals surface area contributed by atoms with Crippen LogP contribution in [-0.2, 0) is 11.3 Å². The molecule has 1 aliphatic heterocycles. The van der Waals surface area contributed by atoms with Gasteiger partial charge in [-0.1, -0.05) is 30.3 Å². The van der Waals surface area contributed by atoms with Crippen LogP contribution < -0.4 is 0 Å². The van der Waals surface area contributed by atoms with E-state index in [1.54, 1.807) is 0 Å². The molecule has 2 N–H and O–H groups in total. The molecule has 0 aromatic heterocycles. The van der Waals surface area contributed by atoms with Gasteiger partial charge in [-0.25, -0.2) is 0 Å². The second kappa shape index (κ2) is 6.29. The molecule has 1 aromatic rings. The largest absolute Gasteiger partial charge is 0.395 e. The van der Waals surface area contributed by atoms with Crippen LogP contribution in [0.3, 0.4) is 0 Å². The zero-order valence-corrected chi connectivity index (χ0v) is 10.6. The molecule has 1 fully saturated rings. The smallest absolute Gasteiger partial charge is 0.142 e. The number of hydrogen-bond acceptors (Lipinski definition) is 4. The van der Waals surface area contributed by atoms with Gasteiger partial charge >= 0.3 is 0 Å². The van der Waals surface area contributed by atoms with Gasteiger partial charge in [0.2, 0.25) is 0 Å². The molecular weight excluding hydrogens is 230 g/mol. The summed E-state index contributed by atoms with van der Waals surface area (Å²) in [5, 5.41) is 19.4. The number of β-amino-alcohol motifs (C(OH)–C–C–N with tert-alkyl or cyclic N) is 1. The van der Waals surface area contributed by atoms with Crippen molar-refractivity contribution in [3.8, 4) is 0 Å². The van der Waals surface area contributed by atoms with Gasteiger partial charge in [0.1, 0.15) is 5.72 Å². The molecule has 1 atom stereocenters. The Labute approximate surface area is 108 Å². The first-order chi connectivity index (χ1) is 8.74. The molecule has 0 radical (unpaired) electrons. The van der Waals surface area contributed by atoms with E-state index in [4.69, 9.17) is 9.84 Å². The predicted octanol–water partition coefficient (Wildman–Crippen LogP) is 0.980. The third-order valence-electron chi connectivity index (χ3n) is 3.41. The molecule has 1 aliphatic rings. The van der Waals surface area contributed by atoms with Crippen molar-refractivity contribution in [1.29, 1.82) is 0 Å². The first-order valence-corrected chi connectivity index (χ1v) is 6.44. The lowest BCUT2D eigenvalue weighted by Crippen LogP contribution is -2.48. The molecule has 0 aliphatic carbocycles. The summed E-state index contributed by atoms with van der Waals surface area (Å²) in [5.74, 6) is 0. The third kappa shape index (κ3) is 3.29. The van der Waals surface area contributed by atoms with Gasteiger partial charge in [0.05, 0.1) is 19.8 Å². The summed E-state index contributed by atoms with van der Waals surface area (Å²) in [4.78, 5) is 1.90. The summed E-state index contributed by atoms with van der Waals surface area (Å²) < 4.78 is 5.61. The monoisotopic (exact) mass is 251 g/mol. The van der Waals surface area contributed by atoms with Crippen LogP contribution in [0.2, 0.25) is 0 Å². The van der Waals surface area contributed by atoms with Gasteiger partial charge in [-0.15, -0.1) is 0 Å². The van der Waals surface area contributed by atoms with E-state index in [-0.39, 0.29) is 6.61 Å². The zero-order chi connectivity index (χ0) is 12.8. The average molecular weight is 251 g/mol. The zero-order valence-electron chi connectivity index (χ0n) is 10.6. The van der Waals surface area contributed by atoms with E-state index < -0.39 is 5.72 Å². The van der Waals surface area contributed by atoms with Crippen LogP contribution in [0.25, 0.3) is 0 Å². The van der Waals surface area contributed by atoms with Crippen molar-refractivity contribution in [1.82, 2.24) is 4.90 Å². The van der Waals surface area contributed by atoms with E-state index in [0.717, 1.165) is 18.5 Å². The Morgan fingerprint density at radius 3 is 2.78 bits per heavy atom. The number of rotatable bonds is 6. The topological polar surface area (TPSA) is 52.9 Å². The molecule has 1 aromatic carbocycles. The second-order valence-corrected chi connectivity index (χ2v) is 4.78. The van der Waals surface area contributed by atoms with Crippen LogP contribution in [0, 0.1) is 0 Å². The average Bonchev–Trinajstić information content (AvgIpc) is 2.73. The lowest BCUT2D eigenvalue weighted by molar-refractivity contribution is -0.136. The van der Waals surface area contributed by atoms with Crippen molar-refractivity contribution in [3.05, 3.63) is 35.9 Å². The van der Waals surface area contributed by atoms with Crippen molar-refractivity contribution < 1.29 is 14.9 Å². The fourth-order valence-electron chi connectivity index (χ4n) is 2.43. The summed E-state index contributed by atoms with van der Waals surface area (Å²) in [5.41, 5.74) is 0.199. The third-order valence-corrected chi connectivity index (χ3v) is 3.41. The first kappa shape index (κ1) is 13.5. The van der Waals surface area contributed by atoms with Crippen LogP contribution >= 0.6 is 0 Å². The Morgan fingerprint density at radius 1 is 1.28 bits per heavy atom. The van der Waals surface area contributed by atoms with Crippen LogP contribution in [0.4, 0.5) is 0 Å². The molecular formula is C14H21NO3. The van der Waals surface area contributed by atoms with Crippen molar-refractivity contribution >= 4 is 0 Å². The number of aliphatic hydroxyl groups excluding tert-OH is 1. The Morgan fingerprint density at radius 2 is 2.06 bits per heavy atom. The molecule has 100 valence electrons. The minimum Gasteiger partial charge on any atom is -0.395 e. The number of likely N-dealkylation sites (tertiary alicyclic amines) is 1. The Kier molecular flexibility index (Phi) is 4.72. The highest BCUT2D eigenvalue weighted by Crippen LogP contribution is 2.26. The van der Waals surface area contributed by atoms with E-state index in [9.17, 15) is 5.11 Å². The van der Waals surface area contributed by atoms with Crippen LogP contribution in [0.5, 0.6) is 0 Å².